The summed E-state index contributed by atoms with van der Waals surface area (Å²) in [7, 11) is -4.18. The van der Waals surface area contributed by atoms with Crippen LogP contribution >= 0.6 is 11.6 Å². The molecule has 0 radical (unpaired) electrons. The van der Waals surface area contributed by atoms with Gasteiger partial charge in [-0.3, -0.25) is 19.2 Å². The molecule has 0 aromatic heterocycles. The molecule has 0 saturated heterocycles. The Bertz CT molecular complexity index is 1330. The molecule has 11 heteroatoms. The minimum Gasteiger partial charge on any atom is -0.482 e. The number of carbonyl (C=O) groups is 2. The van der Waals surface area contributed by atoms with E-state index in [1.165, 1.54) is 30.3 Å². The Hall–Kier alpha value is -3.76. The van der Waals surface area contributed by atoms with Gasteiger partial charge in [0, 0.05) is 5.02 Å². The van der Waals surface area contributed by atoms with Crippen molar-refractivity contribution in [3.63, 3.8) is 0 Å². The Morgan fingerprint density at radius 2 is 1.88 bits per heavy atom. The number of carbonyl (C=O) groups excluding carboxylic acids is 1. The summed E-state index contributed by atoms with van der Waals surface area (Å²) in [6.07, 6.45) is 0. The minimum atomic E-state index is -4.18. The number of hydrogen-bond donors (Lipinski definition) is 2. The smallest absolute Gasteiger partial charge is 0.323 e. The molecule has 0 bridgehead atoms. The predicted octanol–water partition coefficient (Wildman–Crippen LogP) is 3.74. The largest absolute Gasteiger partial charge is 0.482 e. The topological polar surface area (TPSA) is 122 Å². The number of ether oxygens (including phenoxy) is 2. The average Bonchev–Trinajstić information content (AvgIpc) is 2.77. The van der Waals surface area contributed by atoms with Crippen molar-refractivity contribution >= 4 is 44.9 Å². The summed E-state index contributed by atoms with van der Waals surface area (Å²) in [4.78, 5) is 24.1. The van der Waals surface area contributed by atoms with Gasteiger partial charge in [0.2, 0.25) is 0 Å². The monoisotopic (exact) mass is 488 g/mol. The van der Waals surface area contributed by atoms with Crippen LogP contribution in [0.5, 0.6) is 17.2 Å². The first kappa shape index (κ1) is 22.4. The average molecular weight is 489 g/mol. The van der Waals surface area contributed by atoms with Gasteiger partial charge in [-0.2, -0.15) is 0 Å². The lowest BCUT2D eigenvalue weighted by molar-refractivity contribution is -0.137. The molecule has 0 spiro atoms. The molecule has 9 nitrogen and oxygen atoms in total. The number of para-hydroxylation sites is 1. The summed E-state index contributed by atoms with van der Waals surface area (Å²) in [5.74, 6) is -0.928. The van der Waals surface area contributed by atoms with Crippen LogP contribution in [0.4, 0.5) is 11.4 Å². The van der Waals surface area contributed by atoms with Gasteiger partial charge in [-0.25, -0.2) is 8.42 Å². The molecule has 3 aromatic rings. The Labute approximate surface area is 194 Å². The molecular formula is C22H17ClN2O7S. The molecule has 0 fully saturated rings. The third-order valence-corrected chi connectivity index (χ3v) is 6.23. The molecule has 1 aliphatic rings. The number of fused-ring (bicyclic) bond motifs is 1. The van der Waals surface area contributed by atoms with Crippen molar-refractivity contribution in [2.24, 2.45) is 0 Å². The fraction of sp³-hybridized carbons (Fsp3) is 0.0909. The predicted molar refractivity (Wildman–Crippen MR) is 121 cm³/mol. The SMILES string of the molecule is O=C(O)CN1C(=O)COc2ccc(S(=O)(=O)Nc3cc(Cl)ccc3Oc3ccccc3)cc21. The quantitative estimate of drug-likeness (QED) is 0.519. The van der Waals surface area contributed by atoms with E-state index in [-0.39, 0.29) is 39.4 Å². The molecule has 4 rings (SSSR count). The van der Waals surface area contributed by atoms with E-state index >= 15 is 0 Å². The van der Waals surface area contributed by atoms with Crippen LogP contribution in [0.3, 0.4) is 0 Å². The van der Waals surface area contributed by atoms with Gasteiger partial charge in [0.1, 0.15) is 18.0 Å². The third-order valence-electron chi connectivity index (χ3n) is 4.63. The molecule has 0 unspecified atom stereocenters. The number of carboxylic acids is 1. The number of rotatable bonds is 7. The molecule has 3 aromatic carbocycles. The van der Waals surface area contributed by atoms with Gasteiger partial charge in [0.25, 0.3) is 15.9 Å². The van der Waals surface area contributed by atoms with E-state index in [1.807, 2.05) is 6.07 Å². The molecule has 170 valence electrons. The van der Waals surface area contributed by atoms with E-state index in [1.54, 1.807) is 30.3 Å². The molecular weight excluding hydrogens is 472 g/mol. The number of nitrogens with zero attached hydrogens (tertiary/aromatic N) is 1. The van der Waals surface area contributed by atoms with Gasteiger partial charge in [0.05, 0.1) is 16.3 Å². The van der Waals surface area contributed by atoms with Crippen molar-refractivity contribution in [1.29, 1.82) is 0 Å². The number of hydrogen-bond acceptors (Lipinski definition) is 6. The number of sulfonamides is 1. The Morgan fingerprint density at radius 3 is 2.61 bits per heavy atom. The van der Waals surface area contributed by atoms with E-state index in [2.05, 4.69) is 4.72 Å². The standard InChI is InChI=1S/C22H17ClN2O7S/c23-14-6-8-19(32-15-4-2-1-3-5-15)17(10-14)24-33(29,30)16-7-9-20-18(11-16)25(12-22(27)28)21(26)13-31-20/h1-11,24H,12-13H2,(H,27,28). The summed E-state index contributed by atoms with van der Waals surface area (Å²) in [5.41, 5.74) is 0.141. The second kappa shape index (κ2) is 9.00. The molecule has 1 heterocycles. The zero-order valence-electron chi connectivity index (χ0n) is 16.9. The highest BCUT2D eigenvalue weighted by Gasteiger charge is 2.29. The maximum atomic E-state index is 13.1. The normalized spacial score (nSPS) is 13.1. The molecule has 0 saturated carbocycles. The van der Waals surface area contributed by atoms with Crippen LogP contribution in [0.1, 0.15) is 0 Å². The zero-order chi connectivity index (χ0) is 23.6. The van der Waals surface area contributed by atoms with E-state index in [9.17, 15) is 18.0 Å². The lowest BCUT2D eigenvalue weighted by atomic mass is 10.2. The maximum absolute atomic E-state index is 13.1. The van der Waals surface area contributed by atoms with E-state index in [4.69, 9.17) is 26.2 Å². The molecule has 1 aliphatic heterocycles. The molecule has 33 heavy (non-hydrogen) atoms. The highest BCUT2D eigenvalue weighted by Crippen LogP contribution is 2.37. The van der Waals surface area contributed by atoms with Gasteiger partial charge in [0.15, 0.2) is 12.4 Å². The highest BCUT2D eigenvalue weighted by atomic mass is 35.5. The van der Waals surface area contributed by atoms with Crippen molar-refractivity contribution in [1.82, 2.24) is 0 Å². The van der Waals surface area contributed by atoms with Gasteiger partial charge >= 0.3 is 5.97 Å². The molecule has 2 N–H and O–H groups in total. The summed E-state index contributed by atoms with van der Waals surface area (Å²) < 4.78 is 39.8. The lowest BCUT2D eigenvalue weighted by Gasteiger charge is -2.28. The van der Waals surface area contributed by atoms with Crippen molar-refractivity contribution < 1.29 is 32.6 Å². The van der Waals surface area contributed by atoms with Crippen molar-refractivity contribution in [3.05, 3.63) is 71.8 Å². The fourth-order valence-corrected chi connectivity index (χ4v) is 4.40. The van der Waals surface area contributed by atoms with Gasteiger partial charge in [-0.15, -0.1) is 0 Å². The van der Waals surface area contributed by atoms with Crippen LogP contribution < -0.4 is 19.1 Å². The van der Waals surface area contributed by atoms with Crippen LogP contribution in [-0.2, 0) is 19.6 Å². The van der Waals surface area contributed by atoms with E-state index in [0.29, 0.717) is 5.75 Å². The van der Waals surface area contributed by atoms with Crippen LogP contribution in [0.15, 0.2) is 71.6 Å². The Morgan fingerprint density at radius 1 is 1.12 bits per heavy atom. The summed E-state index contributed by atoms with van der Waals surface area (Å²) in [6, 6.07) is 17.1. The first-order valence-electron chi connectivity index (χ1n) is 9.57. The van der Waals surface area contributed by atoms with E-state index < -0.39 is 28.4 Å². The van der Waals surface area contributed by atoms with Crippen LogP contribution in [0.25, 0.3) is 0 Å². The Balaban J connectivity index is 1.68. The van der Waals surface area contributed by atoms with Crippen LogP contribution in [-0.4, -0.2) is 38.6 Å². The fourth-order valence-electron chi connectivity index (χ4n) is 3.15. The second-order valence-corrected chi connectivity index (χ2v) is 9.07. The lowest BCUT2D eigenvalue weighted by Crippen LogP contribution is -2.42. The molecule has 0 atom stereocenters. The van der Waals surface area contributed by atoms with E-state index in [0.717, 1.165) is 4.90 Å². The van der Waals surface area contributed by atoms with Crippen LogP contribution in [0, 0.1) is 0 Å². The maximum Gasteiger partial charge on any atom is 0.323 e. The van der Waals surface area contributed by atoms with Gasteiger partial charge in [-0.05, 0) is 48.5 Å². The molecule has 1 amide bonds. The number of halogens is 1. The highest BCUT2D eigenvalue weighted by molar-refractivity contribution is 7.92. The number of nitrogens with one attached hydrogen (secondary N) is 1. The molecule has 0 aliphatic carbocycles. The van der Waals surface area contributed by atoms with Crippen molar-refractivity contribution in [2.45, 2.75) is 4.90 Å². The number of aliphatic carboxylic acids is 1. The minimum absolute atomic E-state index is 0.0448. The summed E-state index contributed by atoms with van der Waals surface area (Å²) >= 11 is 6.07. The van der Waals surface area contributed by atoms with Crippen LogP contribution in [0.2, 0.25) is 5.02 Å². The van der Waals surface area contributed by atoms with Crippen molar-refractivity contribution in [2.75, 3.05) is 22.8 Å². The third kappa shape index (κ3) is 5.02. The zero-order valence-corrected chi connectivity index (χ0v) is 18.5. The first-order valence-corrected chi connectivity index (χ1v) is 11.4. The first-order chi connectivity index (χ1) is 15.7. The van der Waals surface area contributed by atoms with Gasteiger partial charge in [-0.1, -0.05) is 29.8 Å². The number of amides is 1. The Kier molecular flexibility index (Phi) is 6.12. The summed E-state index contributed by atoms with van der Waals surface area (Å²) in [6.45, 7) is -0.969. The number of benzene rings is 3. The summed E-state index contributed by atoms with van der Waals surface area (Å²) in [5, 5.41) is 9.40. The second-order valence-electron chi connectivity index (χ2n) is 6.95. The number of carboxylic acid groups (broad SMARTS) is 1. The number of anilines is 2. The van der Waals surface area contributed by atoms with Gasteiger partial charge < -0.3 is 14.6 Å². The van der Waals surface area contributed by atoms with Crippen molar-refractivity contribution in [3.8, 4) is 17.2 Å².